The van der Waals surface area contributed by atoms with Gasteiger partial charge in [0.05, 0.1) is 19.8 Å². The second-order valence-electron chi connectivity index (χ2n) is 5.79. The minimum Gasteiger partial charge on any atom is -0.507 e. The maximum atomic E-state index is 12.7. The fraction of sp³-hybridized carbons (Fsp3) is 0.353. The first-order valence-corrected chi connectivity index (χ1v) is 8.08. The van der Waals surface area contributed by atoms with E-state index in [1.807, 2.05) is 0 Å². The predicted molar refractivity (Wildman–Crippen MR) is 91.6 cm³/mol. The third kappa shape index (κ3) is 3.41. The first kappa shape index (κ1) is 17.6. The van der Waals surface area contributed by atoms with Gasteiger partial charge in [0.15, 0.2) is 0 Å². The molecule has 3 rings (SSSR count). The van der Waals surface area contributed by atoms with Gasteiger partial charge in [-0.1, -0.05) is 0 Å². The molecular formula is C17H20N4O5. The first-order valence-electron chi connectivity index (χ1n) is 8.08. The smallest absolute Gasteiger partial charge is 0.272 e. The highest BCUT2D eigenvalue weighted by Crippen LogP contribution is 2.25. The average molecular weight is 360 g/mol. The Hall–Kier alpha value is -3.23. The number of hydrogen-bond donors (Lipinski definition) is 2. The molecular weight excluding hydrogens is 340 g/mol. The number of aromatic nitrogens is 2. The standard InChI is InChI=1S/C17H20N4O5/c1-25-11-3-4-14(22)12(9-11)16(23)20-5-7-21(8-6-20)17(24)13-10-15(26-2)19-18-13/h3-4,9-10,22H,5-8H2,1-2H3,(H,18,19). The van der Waals surface area contributed by atoms with Crippen molar-refractivity contribution in [3.05, 3.63) is 35.5 Å². The van der Waals surface area contributed by atoms with Crippen LogP contribution in [0.2, 0.25) is 0 Å². The number of phenols is 1. The van der Waals surface area contributed by atoms with Gasteiger partial charge >= 0.3 is 0 Å². The molecule has 1 aromatic heterocycles. The summed E-state index contributed by atoms with van der Waals surface area (Å²) in [4.78, 5) is 28.3. The number of phenolic OH excluding ortho intramolecular Hbond substituents is 1. The third-order valence-electron chi connectivity index (χ3n) is 4.28. The molecule has 2 aromatic rings. The minimum absolute atomic E-state index is 0.0983. The molecule has 0 atom stereocenters. The number of aromatic amines is 1. The number of methoxy groups -OCH3 is 2. The number of H-pyrrole nitrogens is 1. The van der Waals surface area contributed by atoms with Gasteiger partial charge in [0.1, 0.15) is 17.2 Å². The Morgan fingerprint density at radius 1 is 1.04 bits per heavy atom. The van der Waals surface area contributed by atoms with Crippen LogP contribution >= 0.6 is 0 Å². The molecule has 0 saturated carbocycles. The van der Waals surface area contributed by atoms with Crippen LogP contribution in [0.25, 0.3) is 0 Å². The van der Waals surface area contributed by atoms with Crippen LogP contribution in [0, 0.1) is 0 Å². The zero-order chi connectivity index (χ0) is 18.7. The van der Waals surface area contributed by atoms with Crippen LogP contribution < -0.4 is 9.47 Å². The maximum absolute atomic E-state index is 12.7. The molecule has 2 amide bonds. The van der Waals surface area contributed by atoms with Crippen molar-refractivity contribution in [1.29, 1.82) is 0 Å². The lowest BCUT2D eigenvalue weighted by atomic mass is 10.1. The van der Waals surface area contributed by atoms with E-state index in [2.05, 4.69) is 10.2 Å². The van der Waals surface area contributed by atoms with Crippen molar-refractivity contribution in [2.24, 2.45) is 0 Å². The highest BCUT2D eigenvalue weighted by atomic mass is 16.5. The van der Waals surface area contributed by atoms with Crippen LogP contribution in [0.1, 0.15) is 20.8 Å². The molecule has 9 heteroatoms. The van der Waals surface area contributed by atoms with E-state index in [0.717, 1.165) is 0 Å². The average Bonchev–Trinajstić information content (AvgIpc) is 3.16. The van der Waals surface area contributed by atoms with Gasteiger partial charge < -0.3 is 24.4 Å². The predicted octanol–water partition coefficient (Wildman–Crippen LogP) is 0.731. The number of piperazine rings is 1. The van der Waals surface area contributed by atoms with Crippen molar-refractivity contribution < 1.29 is 24.2 Å². The Balaban J connectivity index is 1.64. The number of nitrogens with one attached hydrogen (secondary N) is 1. The summed E-state index contributed by atoms with van der Waals surface area (Å²) in [6.45, 7) is 1.51. The van der Waals surface area contributed by atoms with Gasteiger partial charge in [-0.15, -0.1) is 5.10 Å². The van der Waals surface area contributed by atoms with Gasteiger partial charge in [-0.2, -0.15) is 0 Å². The summed E-state index contributed by atoms with van der Waals surface area (Å²) in [6.07, 6.45) is 0. The molecule has 2 heterocycles. The zero-order valence-electron chi connectivity index (χ0n) is 14.6. The molecule has 0 unspecified atom stereocenters. The van der Waals surface area contributed by atoms with Gasteiger partial charge in [-0.25, -0.2) is 0 Å². The van der Waals surface area contributed by atoms with E-state index in [0.29, 0.717) is 43.5 Å². The van der Waals surface area contributed by atoms with E-state index in [4.69, 9.17) is 9.47 Å². The van der Waals surface area contributed by atoms with Crippen molar-refractivity contribution in [3.63, 3.8) is 0 Å². The zero-order valence-corrected chi connectivity index (χ0v) is 14.6. The van der Waals surface area contributed by atoms with Gasteiger partial charge in [0.25, 0.3) is 11.8 Å². The lowest BCUT2D eigenvalue weighted by molar-refractivity contribution is 0.0530. The van der Waals surface area contributed by atoms with Crippen molar-refractivity contribution in [3.8, 4) is 17.4 Å². The topological polar surface area (TPSA) is 108 Å². The molecule has 1 saturated heterocycles. The third-order valence-corrected chi connectivity index (χ3v) is 4.28. The molecule has 1 fully saturated rings. The number of ether oxygens (including phenoxy) is 2. The van der Waals surface area contributed by atoms with Crippen molar-refractivity contribution in [2.75, 3.05) is 40.4 Å². The monoisotopic (exact) mass is 360 g/mol. The van der Waals surface area contributed by atoms with Crippen molar-refractivity contribution >= 4 is 11.8 Å². The molecule has 0 spiro atoms. The summed E-state index contributed by atoms with van der Waals surface area (Å²) < 4.78 is 10.1. The second-order valence-corrected chi connectivity index (χ2v) is 5.79. The van der Waals surface area contributed by atoms with Gasteiger partial charge in [-0.3, -0.25) is 14.7 Å². The maximum Gasteiger partial charge on any atom is 0.272 e. The summed E-state index contributed by atoms with van der Waals surface area (Å²) in [7, 11) is 2.97. The SMILES string of the molecule is COc1ccc(O)c(C(=O)N2CCN(C(=O)c3cc(OC)n[nH]3)CC2)c1. The van der Waals surface area contributed by atoms with Crippen molar-refractivity contribution in [2.45, 2.75) is 0 Å². The van der Waals surface area contributed by atoms with Gasteiger partial charge in [0.2, 0.25) is 5.88 Å². The number of carbonyl (C=O) groups excluding carboxylic acids is 2. The highest BCUT2D eigenvalue weighted by Gasteiger charge is 2.27. The Bertz CT molecular complexity index is 811. The second kappa shape index (κ2) is 7.34. The number of carbonyl (C=O) groups is 2. The Kier molecular flexibility index (Phi) is 4.97. The molecule has 0 radical (unpaired) electrons. The lowest BCUT2D eigenvalue weighted by Crippen LogP contribution is -2.50. The lowest BCUT2D eigenvalue weighted by Gasteiger charge is -2.34. The minimum atomic E-state index is -0.295. The number of benzene rings is 1. The van der Waals surface area contributed by atoms with Crippen LogP contribution in [0.4, 0.5) is 0 Å². The number of aromatic hydroxyl groups is 1. The molecule has 26 heavy (non-hydrogen) atoms. The molecule has 2 N–H and O–H groups in total. The van der Waals surface area contributed by atoms with Crippen LogP contribution in [0.15, 0.2) is 24.3 Å². The summed E-state index contributed by atoms with van der Waals surface area (Å²) in [5.74, 6) is 0.247. The number of hydrogen-bond acceptors (Lipinski definition) is 6. The van der Waals surface area contributed by atoms with E-state index in [1.54, 1.807) is 15.9 Å². The molecule has 0 bridgehead atoms. The molecule has 1 aliphatic heterocycles. The number of rotatable bonds is 4. The van der Waals surface area contributed by atoms with E-state index in [-0.39, 0.29) is 23.1 Å². The van der Waals surface area contributed by atoms with Gasteiger partial charge in [0, 0.05) is 32.2 Å². The fourth-order valence-corrected chi connectivity index (χ4v) is 2.78. The van der Waals surface area contributed by atoms with E-state index in [1.165, 1.54) is 32.4 Å². The van der Waals surface area contributed by atoms with Crippen LogP contribution in [0.5, 0.6) is 17.4 Å². The Labute approximate surface area is 150 Å². The largest absolute Gasteiger partial charge is 0.507 e. The normalized spacial score (nSPS) is 14.2. The molecule has 9 nitrogen and oxygen atoms in total. The summed E-state index contributed by atoms with van der Waals surface area (Å²) in [5, 5.41) is 16.5. The van der Waals surface area contributed by atoms with Crippen LogP contribution in [-0.2, 0) is 0 Å². The Morgan fingerprint density at radius 3 is 2.27 bits per heavy atom. The summed E-state index contributed by atoms with van der Waals surface area (Å²) in [6, 6.07) is 6.05. The van der Waals surface area contributed by atoms with Crippen molar-refractivity contribution in [1.82, 2.24) is 20.0 Å². The van der Waals surface area contributed by atoms with E-state index < -0.39 is 0 Å². The van der Waals surface area contributed by atoms with Crippen LogP contribution in [-0.4, -0.2) is 77.3 Å². The fourth-order valence-electron chi connectivity index (χ4n) is 2.78. The molecule has 1 aliphatic rings. The van der Waals surface area contributed by atoms with Gasteiger partial charge in [-0.05, 0) is 18.2 Å². The quantitative estimate of drug-likeness (QED) is 0.832. The summed E-state index contributed by atoms with van der Waals surface area (Å²) >= 11 is 0. The summed E-state index contributed by atoms with van der Waals surface area (Å²) in [5.41, 5.74) is 0.523. The molecule has 138 valence electrons. The van der Waals surface area contributed by atoms with E-state index in [9.17, 15) is 14.7 Å². The van der Waals surface area contributed by atoms with Crippen LogP contribution in [0.3, 0.4) is 0 Å². The Morgan fingerprint density at radius 2 is 1.69 bits per heavy atom. The molecule has 1 aromatic carbocycles. The number of nitrogens with zero attached hydrogens (tertiary/aromatic N) is 3. The highest BCUT2D eigenvalue weighted by molar-refractivity contribution is 5.97. The number of amides is 2. The first-order chi connectivity index (χ1) is 12.5. The molecule has 0 aliphatic carbocycles. The van der Waals surface area contributed by atoms with E-state index >= 15 is 0 Å².